The van der Waals surface area contributed by atoms with Gasteiger partial charge in [0.05, 0.1) is 12.8 Å². The van der Waals surface area contributed by atoms with Crippen LogP contribution in [0, 0.1) is 6.92 Å². The molecule has 0 saturated heterocycles. The molecule has 19 heavy (non-hydrogen) atoms. The molecule has 0 saturated carbocycles. The number of amides is 2. The van der Waals surface area contributed by atoms with E-state index in [0.717, 1.165) is 16.0 Å². The molecular weight excluding hydrogens is 246 g/mol. The van der Waals surface area contributed by atoms with E-state index in [1.54, 1.807) is 0 Å². The SMILES string of the molecule is CC(=O)N(CCC(=O)O)C(=O)Cc1ccccc1C. The van der Waals surface area contributed by atoms with Crippen molar-refractivity contribution in [2.75, 3.05) is 6.54 Å². The van der Waals surface area contributed by atoms with E-state index >= 15 is 0 Å². The summed E-state index contributed by atoms with van der Waals surface area (Å²) in [6.07, 6.45) is -0.134. The molecule has 1 aromatic carbocycles. The van der Waals surface area contributed by atoms with Gasteiger partial charge in [0.2, 0.25) is 11.8 Å². The van der Waals surface area contributed by atoms with Crippen molar-refractivity contribution < 1.29 is 19.5 Å². The van der Waals surface area contributed by atoms with Gasteiger partial charge in [0.15, 0.2) is 0 Å². The van der Waals surface area contributed by atoms with E-state index in [2.05, 4.69) is 0 Å². The van der Waals surface area contributed by atoms with E-state index in [1.165, 1.54) is 6.92 Å². The Morgan fingerprint density at radius 1 is 1.21 bits per heavy atom. The topological polar surface area (TPSA) is 74.7 Å². The van der Waals surface area contributed by atoms with Gasteiger partial charge in [0.1, 0.15) is 0 Å². The van der Waals surface area contributed by atoms with Crippen molar-refractivity contribution in [3.63, 3.8) is 0 Å². The number of aryl methyl sites for hydroxylation is 1. The number of hydrogen-bond donors (Lipinski definition) is 1. The molecule has 0 bridgehead atoms. The maximum atomic E-state index is 12.0. The number of carbonyl (C=O) groups is 3. The summed E-state index contributed by atoms with van der Waals surface area (Å²) in [5.41, 5.74) is 1.81. The number of benzene rings is 1. The third-order valence-corrected chi connectivity index (χ3v) is 2.83. The van der Waals surface area contributed by atoms with Crippen molar-refractivity contribution in [2.24, 2.45) is 0 Å². The molecule has 102 valence electrons. The maximum absolute atomic E-state index is 12.0. The van der Waals surface area contributed by atoms with Gasteiger partial charge in [-0.1, -0.05) is 24.3 Å². The number of hydrogen-bond acceptors (Lipinski definition) is 3. The molecule has 5 nitrogen and oxygen atoms in total. The first-order chi connectivity index (χ1) is 8.91. The zero-order valence-electron chi connectivity index (χ0n) is 11.0. The molecule has 0 spiro atoms. The Bertz CT molecular complexity index is 496. The Morgan fingerprint density at radius 2 is 1.84 bits per heavy atom. The Labute approximate surface area is 111 Å². The van der Waals surface area contributed by atoms with Crippen molar-refractivity contribution in [2.45, 2.75) is 26.7 Å². The van der Waals surface area contributed by atoms with E-state index < -0.39 is 11.9 Å². The number of rotatable bonds is 5. The molecular formula is C14H17NO4. The minimum Gasteiger partial charge on any atom is -0.481 e. The van der Waals surface area contributed by atoms with Gasteiger partial charge >= 0.3 is 5.97 Å². The highest BCUT2D eigenvalue weighted by Crippen LogP contribution is 2.10. The number of nitrogens with zero attached hydrogens (tertiary/aromatic N) is 1. The van der Waals surface area contributed by atoms with Gasteiger partial charge in [-0.05, 0) is 18.1 Å². The number of carboxylic acid groups (broad SMARTS) is 1. The van der Waals surface area contributed by atoms with Crippen LogP contribution in [0.4, 0.5) is 0 Å². The summed E-state index contributed by atoms with van der Waals surface area (Å²) in [5, 5.41) is 8.61. The summed E-state index contributed by atoms with van der Waals surface area (Å²) in [4.78, 5) is 34.9. The largest absolute Gasteiger partial charge is 0.481 e. The van der Waals surface area contributed by atoms with Gasteiger partial charge in [0.25, 0.3) is 0 Å². The number of aliphatic carboxylic acids is 1. The van der Waals surface area contributed by atoms with Crippen LogP contribution in [0.3, 0.4) is 0 Å². The van der Waals surface area contributed by atoms with Crippen molar-refractivity contribution in [1.82, 2.24) is 4.90 Å². The molecule has 1 N–H and O–H groups in total. The quantitative estimate of drug-likeness (QED) is 0.871. The summed E-state index contributed by atoms with van der Waals surface area (Å²) < 4.78 is 0. The molecule has 0 aliphatic carbocycles. The van der Waals surface area contributed by atoms with Gasteiger partial charge in [0, 0.05) is 13.5 Å². The van der Waals surface area contributed by atoms with Crippen molar-refractivity contribution in [3.05, 3.63) is 35.4 Å². The molecule has 0 unspecified atom stereocenters. The fourth-order valence-corrected chi connectivity index (χ4v) is 1.73. The lowest BCUT2D eigenvalue weighted by atomic mass is 10.1. The summed E-state index contributed by atoms with van der Waals surface area (Å²) in [7, 11) is 0. The van der Waals surface area contributed by atoms with E-state index in [9.17, 15) is 14.4 Å². The fourth-order valence-electron chi connectivity index (χ4n) is 1.73. The van der Waals surface area contributed by atoms with Crippen LogP contribution in [0.25, 0.3) is 0 Å². The minimum atomic E-state index is -1.03. The first-order valence-electron chi connectivity index (χ1n) is 5.99. The smallest absolute Gasteiger partial charge is 0.305 e. The summed E-state index contributed by atoms with van der Waals surface area (Å²) in [6.45, 7) is 3.06. The second kappa shape index (κ2) is 6.68. The minimum absolute atomic E-state index is 0.0879. The lowest BCUT2D eigenvalue weighted by Gasteiger charge is -2.18. The lowest BCUT2D eigenvalue weighted by molar-refractivity contribution is -0.144. The van der Waals surface area contributed by atoms with Crippen LogP contribution < -0.4 is 0 Å². The van der Waals surface area contributed by atoms with Crippen molar-refractivity contribution in [1.29, 1.82) is 0 Å². The highest BCUT2D eigenvalue weighted by molar-refractivity contribution is 5.95. The average Bonchev–Trinajstić information content (AvgIpc) is 2.31. The monoisotopic (exact) mass is 263 g/mol. The second-order valence-electron chi connectivity index (χ2n) is 4.31. The van der Waals surface area contributed by atoms with E-state index in [-0.39, 0.29) is 25.3 Å². The fraction of sp³-hybridized carbons (Fsp3) is 0.357. The van der Waals surface area contributed by atoms with E-state index in [0.29, 0.717) is 0 Å². The highest BCUT2D eigenvalue weighted by Gasteiger charge is 2.19. The normalized spacial score (nSPS) is 10.0. The molecule has 0 fully saturated rings. The molecule has 0 aromatic heterocycles. The average molecular weight is 263 g/mol. The molecule has 0 heterocycles. The van der Waals surface area contributed by atoms with Crippen LogP contribution in [0.2, 0.25) is 0 Å². The van der Waals surface area contributed by atoms with Crippen molar-refractivity contribution in [3.8, 4) is 0 Å². The summed E-state index contributed by atoms with van der Waals surface area (Å²) in [5.74, 6) is -1.84. The zero-order valence-corrected chi connectivity index (χ0v) is 11.0. The maximum Gasteiger partial charge on any atom is 0.305 e. The lowest BCUT2D eigenvalue weighted by Crippen LogP contribution is -2.38. The zero-order chi connectivity index (χ0) is 14.4. The molecule has 0 aliphatic rings. The molecule has 0 aliphatic heterocycles. The molecule has 2 amide bonds. The molecule has 1 aromatic rings. The van der Waals surface area contributed by atoms with Crippen LogP contribution in [0.15, 0.2) is 24.3 Å². The van der Waals surface area contributed by atoms with Crippen LogP contribution in [0.5, 0.6) is 0 Å². The molecule has 0 atom stereocenters. The Balaban J connectivity index is 2.75. The highest BCUT2D eigenvalue weighted by atomic mass is 16.4. The van der Waals surface area contributed by atoms with Crippen LogP contribution in [-0.2, 0) is 20.8 Å². The number of imide groups is 1. The Hall–Kier alpha value is -2.17. The van der Waals surface area contributed by atoms with Gasteiger partial charge in [-0.2, -0.15) is 0 Å². The molecule has 0 radical (unpaired) electrons. The van der Waals surface area contributed by atoms with Crippen LogP contribution in [0.1, 0.15) is 24.5 Å². The molecule has 5 heteroatoms. The predicted octanol–water partition coefficient (Wildman–Crippen LogP) is 1.39. The van der Waals surface area contributed by atoms with E-state index in [4.69, 9.17) is 5.11 Å². The Morgan fingerprint density at radius 3 is 2.37 bits per heavy atom. The summed E-state index contributed by atoms with van der Waals surface area (Å²) >= 11 is 0. The van der Waals surface area contributed by atoms with Gasteiger partial charge < -0.3 is 5.11 Å². The summed E-state index contributed by atoms with van der Waals surface area (Å²) in [6, 6.07) is 7.40. The number of carbonyl (C=O) groups excluding carboxylic acids is 2. The first kappa shape index (κ1) is 14.9. The first-order valence-corrected chi connectivity index (χ1v) is 5.99. The van der Waals surface area contributed by atoms with Gasteiger partial charge in [-0.3, -0.25) is 19.3 Å². The third kappa shape index (κ3) is 4.54. The van der Waals surface area contributed by atoms with Crippen molar-refractivity contribution >= 4 is 17.8 Å². The second-order valence-corrected chi connectivity index (χ2v) is 4.31. The third-order valence-electron chi connectivity index (χ3n) is 2.83. The van der Waals surface area contributed by atoms with Gasteiger partial charge in [-0.15, -0.1) is 0 Å². The van der Waals surface area contributed by atoms with Gasteiger partial charge in [-0.25, -0.2) is 0 Å². The molecule has 1 rings (SSSR count). The number of carboxylic acids is 1. The van der Waals surface area contributed by atoms with E-state index in [1.807, 2.05) is 31.2 Å². The van der Waals surface area contributed by atoms with Crippen LogP contribution >= 0.6 is 0 Å². The standard InChI is InChI=1S/C14H17NO4/c1-10-5-3-4-6-12(10)9-13(17)15(11(2)16)8-7-14(18)19/h3-6H,7-9H2,1-2H3,(H,18,19). The predicted molar refractivity (Wildman–Crippen MR) is 69.5 cm³/mol. The Kier molecular flexibility index (Phi) is 5.23. The van der Waals surface area contributed by atoms with Crippen LogP contribution in [-0.4, -0.2) is 34.3 Å².